The van der Waals surface area contributed by atoms with E-state index in [1.54, 1.807) is 21.1 Å². The number of carbonyl (C=O) groups is 1. The third-order valence-electron chi connectivity index (χ3n) is 2.95. The molecule has 5 heteroatoms. The summed E-state index contributed by atoms with van der Waals surface area (Å²) in [7, 11) is 4.59. The van der Waals surface area contributed by atoms with E-state index in [2.05, 4.69) is 5.32 Å². The molecule has 1 aromatic carbocycles. The zero-order valence-corrected chi connectivity index (χ0v) is 11.9. The highest BCUT2D eigenvalue weighted by Crippen LogP contribution is 2.22. The summed E-state index contributed by atoms with van der Waals surface area (Å²) in [4.78, 5) is 11.9. The van der Waals surface area contributed by atoms with Crippen LogP contribution in [0.15, 0.2) is 24.3 Å². The molecule has 0 radical (unpaired) electrons. The van der Waals surface area contributed by atoms with Gasteiger partial charge in [0.25, 0.3) is 0 Å². The van der Waals surface area contributed by atoms with E-state index in [0.29, 0.717) is 13.0 Å². The lowest BCUT2D eigenvalue weighted by Crippen LogP contribution is -2.45. The van der Waals surface area contributed by atoms with Gasteiger partial charge in [0.2, 0.25) is 0 Å². The summed E-state index contributed by atoms with van der Waals surface area (Å²) >= 11 is 0. The van der Waals surface area contributed by atoms with Crippen LogP contribution in [0.5, 0.6) is 5.75 Å². The first-order valence-corrected chi connectivity index (χ1v) is 6.05. The number of ether oxygens (including phenoxy) is 3. The Labute approximate surface area is 113 Å². The van der Waals surface area contributed by atoms with E-state index in [-0.39, 0.29) is 5.97 Å². The maximum Gasteiger partial charge on any atom is 0.331 e. The first-order valence-electron chi connectivity index (χ1n) is 6.05. The molecule has 1 unspecified atom stereocenters. The van der Waals surface area contributed by atoms with Crippen molar-refractivity contribution in [3.05, 3.63) is 24.3 Å². The van der Waals surface area contributed by atoms with E-state index >= 15 is 0 Å². The summed E-state index contributed by atoms with van der Waals surface area (Å²) in [6.07, 6.45) is 0.516. The highest BCUT2D eigenvalue weighted by atomic mass is 16.5. The fourth-order valence-corrected chi connectivity index (χ4v) is 1.74. The molecule has 1 atom stereocenters. The number of hydrogen-bond acceptors (Lipinski definition) is 5. The van der Waals surface area contributed by atoms with Crippen molar-refractivity contribution in [1.82, 2.24) is 0 Å². The zero-order chi connectivity index (χ0) is 14.3. The first-order chi connectivity index (χ1) is 9.05. The Morgan fingerprint density at radius 2 is 1.84 bits per heavy atom. The highest BCUT2D eigenvalue weighted by Gasteiger charge is 2.33. The van der Waals surface area contributed by atoms with Gasteiger partial charge in [0, 0.05) is 25.8 Å². The standard InChI is InChI=1S/C14H21NO4/c1-14(9-10-17-2,13(16)19-4)15-11-5-7-12(18-3)8-6-11/h5-8,15H,9-10H2,1-4H3. The van der Waals surface area contributed by atoms with Crippen LogP contribution in [0.3, 0.4) is 0 Å². The predicted octanol–water partition coefficient (Wildman–Crippen LogP) is 2.08. The average Bonchev–Trinajstić information content (AvgIpc) is 2.45. The van der Waals surface area contributed by atoms with Crippen LogP contribution in [0.4, 0.5) is 5.69 Å². The van der Waals surface area contributed by atoms with E-state index in [0.717, 1.165) is 11.4 Å². The average molecular weight is 267 g/mol. The lowest BCUT2D eigenvalue weighted by atomic mass is 9.98. The molecule has 5 nitrogen and oxygen atoms in total. The molecule has 19 heavy (non-hydrogen) atoms. The molecule has 0 aliphatic rings. The van der Waals surface area contributed by atoms with Crippen LogP contribution >= 0.6 is 0 Å². The highest BCUT2D eigenvalue weighted by molar-refractivity contribution is 5.84. The van der Waals surface area contributed by atoms with E-state index in [4.69, 9.17) is 14.2 Å². The van der Waals surface area contributed by atoms with Crippen LogP contribution in [0.25, 0.3) is 0 Å². The maximum absolute atomic E-state index is 11.9. The Bertz CT molecular complexity index is 404. The molecule has 1 rings (SSSR count). The molecular formula is C14H21NO4. The summed E-state index contributed by atoms with van der Waals surface area (Å²) in [5, 5.41) is 3.18. The molecule has 0 saturated carbocycles. The molecule has 106 valence electrons. The number of hydrogen-bond donors (Lipinski definition) is 1. The lowest BCUT2D eigenvalue weighted by Gasteiger charge is -2.28. The summed E-state index contributed by atoms with van der Waals surface area (Å²) in [6, 6.07) is 7.37. The topological polar surface area (TPSA) is 56.8 Å². The Morgan fingerprint density at radius 3 is 2.32 bits per heavy atom. The van der Waals surface area contributed by atoms with Gasteiger partial charge in [-0.2, -0.15) is 0 Å². The molecule has 0 aliphatic heterocycles. The fourth-order valence-electron chi connectivity index (χ4n) is 1.74. The lowest BCUT2D eigenvalue weighted by molar-refractivity contribution is -0.146. The summed E-state index contributed by atoms with van der Waals surface area (Å²) in [5.41, 5.74) is 0.00380. The minimum Gasteiger partial charge on any atom is -0.497 e. The Balaban J connectivity index is 2.83. The fraction of sp³-hybridized carbons (Fsp3) is 0.500. The van der Waals surface area contributed by atoms with Crippen LogP contribution in [-0.2, 0) is 14.3 Å². The van der Waals surface area contributed by atoms with E-state index < -0.39 is 5.54 Å². The molecule has 0 saturated heterocycles. The molecule has 0 aliphatic carbocycles. The number of esters is 1. The number of carbonyl (C=O) groups excluding carboxylic acids is 1. The molecule has 0 fully saturated rings. The summed E-state index contributed by atoms with van der Waals surface area (Å²) < 4.78 is 15.0. The number of nitrogens with one attached hydrogen (secondary N) is 1. The largest absolute Gasteiger partial charge is 0.497 e. The van der Waals surface area contributed by atoms with Crippen LogP contribution in [0, 0.1) is 0 Å². The Morgan fingerprint density at radius 1 is 1.21 bits per heavy atom. The molecule has 0 bridgehead atoms. The minimum atomic E-state index is -0.820. The zero-order valence-electron chi connectivity index (χ0n) is 11.9. The third kappa shape index (κ3) is 4.13. The quantitative estimate of drug-likeness (QED) is 0.766. The first kappa shape index (κ1) is 15.3. The summed E-state index contributed by atoms with van der Waals surface area (Å²) in [5.74, 6) is 0.447. The SMILES string of the molecule is COCCC(C)(Nc1ccc(OC)cc1)C(=O)OC. The Kier molecular flexibility index (Phi) is 5.63. The molecule has 0 amide bonds. The minimum absolute atomic E-state index is 0.319. The number of benzene rings is 1. The monoisotopic (exact) mass is 267 g/mol. The predicted molar refractivity (Wildman–Crippen MR) is 73.5 cm³/mol. The number of rotatable bonds is 7. The van der Waals surface area contributed by atoms with Crippen molar-refractivity contribution < 1.29 is 19.0 Å². The van der Waals surface area contributed by atoms with Crippen LogP contribution in [-0.4, -0.2) is 39.4 Å². The number of anilines is 1. The van der Waals surface area contributed by atoms with Gasteiger partial charge >= 0.3 is 5.97 Å². The van der Waals surface area contributed by atoms with Gasteiger partial charge in [-0.3, -0.25) is 0 Å². The van der Waals surface area contributed by atoms with E-state index in [1.165, 1.54) is 7.11 Å². The van der Waals surface area contributed by atoms with Crippen molar-refractivity contribution in [2.75, 3.05) is 33.3 Å². The van der Waals surface area contributed by atoms with Gasteiger partial charge < -0.3 is 19.5 Å². The van der Waals surface area contributed by atoms with Crippen LogP contribution in [0.1, 0.15) is 13.3 Å². The summed E-state index contributed by atoms with van der Waals surface area (Å²) in [6.45, 7) is 2.26. The molecule has 1 aromatic rings. The second kappa shape index (κ2) is 6.99. The smallest absolute Gasteiger partial charge is 0.331 e. The van der Waals surface area contributed by atoms with Crippen molar-refractivity contribution in [3.8, 4) is 5.75 Å². The van der Waals surface area contributed by atoms with Crippen LogP contribution < -0.4 is 10.1 Å². The number of methoxy groups -OCH3 is 3. The van der Waals surface area contributed by atoms with Crippen LogP contribution in [0.2, 0.25) is 0 Å². The van der Waals surface area contributed by atoms with Gasteiger partial charge in [0.1, 0.15) is 11.3 Å². The molecule has 0 aromatic heterocycles. The van der Waals surface area contributed by atoms with Crippen molar-refractivity contribution in [1.29, 1.82) is 0 Å². The van der Waals surface area contributed by atoms with Gasteiger partial charge in [-0.1, -0.05) is 0 Å². The molecule has 0 heterocycles. The third-order valence-corrected chi connectivity index (χ3v) is 2.95. The van der Waals surface area contributed by atoms with Gasteiger partial charge in [0.15, 0.2) is 0 Å². The molecular weight excluding hydrogens is 246 g/mol. The van der Waals surface area contributed by atoms with Crippen molar-refractivity contribution in [2.45, 2.75) is 18.9 Å². The van der Waals surface area contributed by atoms with Gasteiger partial charge in [-0.25, -0.2) is 4.79 Å². The molecule has 1 N–H and O–H groups in total. The van der Waals surface area contributed by atoms with Gasteiger partial charge in [-0.15, -0.1) is 0 Å². The van der Waals surface area contributed by atoms with Crippen molar-refractivity contribution in [3.63, 3.8) is 0 Å². The Hall–Kier alpha value is -1.75. The van der Waals surface area contributed by atoms with E-state index in [9.17, 15) is 4.79 Å². The van der Waals surface area contributed by atoms with Gasteiger partial charge in [-0.05, 0) is 31.2 Å². The second-order valence-corrected chi connectivity index (χ2v) is 4.42. The normalized spacial score (nSPS) is 13.5. The van der Waals surface area contributed by atoms with E-state index in [1.807, 2.05) is 24.3 Å². The second-order valence-electron chi connectivity index (χ2n) is 4.42. The van der Waals surface area contributed by atoms with Gasteiger partial charge in [0.05, 0.1) is 14.2 Å². The van der Waals surface area contributed by atoms with Crippen molar-refractivity contribution >= 4 is 11.7 Å². The molecule has 0 spiro atoms. The van der Waals surface area contributed by atoms with Crippen molar-refractivity contribution in [2.24, 2.45) is 0 Å². The maximum atomic E-state index is 11.9.